The first-order valence-electron chi connectivity index (χ1n) is 7.81. The van der Waals surface area contributed by atoms with Crippen molar-refractivity contribution in [3.63, 3.8) is 0 Å². The average Bonchev–Trinajstić information content (AvgIpc) is 2.46. The van der Waals surface area contributed by atoms with Gasteiger partial charge in [0.25, 0.3) is 0 Å². The molecule has 0 aliphatic rings. The Kier molecular flexibility index (Phi) is 8.43. The molecule has 1 atom stereocenters. The van der Waals surface area contributed by atoms with Gasteiger partial charge in [-0.15, -0.1) is 0 Å². The minimum atomic E-state index is -0.280. The Morgan fingerprint density at radius 2 is 2.05 bits per heavy atom. The number of carbonyl (C=O) groups is 1. The fourth-order valence-electron chi connectivity index (χ4n) is 2.19. The first kappa shape index (κ1) is 18.0. The van der Waals surface area contributed by atoms with Gasteiger partial charge in [0.1, 0.15) is 0 Å². The molecular weight excluding hydrogens is 330 g/mol. The highest BCUT2D eigenvalue weighted by atomic mass is 79.9. The standard InChI is InChI=1S/C17H26BrNO2/c1-4-6-7-8-9-13(3)19-16-11-10-14(12-15(16)18)17(20)21-5-2/h10-13,19H,4-9H2,1-3H3. The van der Waals surface area contributed by atoms with Gasteiger partial charge in [0, 0.05) is 16.2 Å². The number of hydrogen-bond donors (Lipinski definition) is 1. The average molecular weight is 356 g/mol. The third-order valence-corrected chi connectivity index (χ3v) is 4.03. The molecule has 0 radical (unpaired) electrons. The Bertz CT molecular complexity index is 448. The van der Waals surface area contributed by atoms with Gasteiger partial charge in [-0.25, -0.2) is 4.79 Å². The second-order valence-electron chi connectivity index (χ2n) is 5.31. The quantitative estimate of drug-likeness (QED) is 0.476. The molecule has 0 heterocycles. The molecule has 0 amide bonds. The molecule has 118 valence electrons. The van der Waals surface area contributed by atoms with E-state index >= 15 is 0 Å². The van der Waals surface area contributed by atoms with Crippen molar-refractivity contribution in [1.82, 2.24) is 0 Å². The van der Waals surface area contributed by atoms with Crippen molar-refractivity contribution in [2.45, 2.75) is 58.9 Å². The molecule has 1 unspecified atom stereocenters. The maximum atomic E-state index is 11.7. The van der Waals surface area contributed by atoms with Crippen LogP contribution in [0.2, 0.25) is 0 Å². The van der Waals surface area contributed by atoms with Gasteiger partial charge in [-0.05, 0) is 54.4 Å². The van der Waals surface area contributed by atoms with Crippen LogP contribution in [0.5, 0.6) is 0 Å². The van der Waals surface area contributed by atoms with E-state index in [2.05, 4.69) is 35.1 Å². The van der Waals surface area contributed by atoms with E-state index in [4.69, 9.17) is 4.74 Å². The molecule has 0 bridgehead atoms. The number of unbranched alkanes of at least 4 members (excludes halogenated alkanes) is 3. The minimum absolute atomic E-state index is 0.280. The van der Waals surface area contributed by atoms with Gasteiger partial charge in [-0.1, -0.05) is 32.6 Å². The van der Waals surface area contributed by atoms with Crippen molar-refractivity contribution in [2.24, 2.45) is 0 Å². The number of halogens is 1. The number of carbonyl (C=O) groups excluding carboxylic acids is 1. The molecule has 1 aromatic carbocycles. The van der Waals surface area contributed by atoms with Crippen molar-refractivity contribution in [3.8, 4) is 0 Å². The van der Waals surface area contributed by atoms with Crippen molar-refractivity contribution < 1.29 is 9.53 Å². The summed E-state index contributed by atoms with van der Waals surface area (Å²) in [6, 6.07) is 5.96. The Labute approximate surface area is 136 Å². The van der Waals surface area contributed by atoms with E-state index < -0.39 is 0 Å². The lowest BCUT2D eigenvalue weighted by atomic mass is 10.1. The summed E-state index contributed by atoms with van der Waals surface area (Å²) in [5, 5.41) is 3.49. The topological polar surface area (TPSA) is 38.3 Å². The highest BCUT2D eigenvalue weighted by Gasteiger charge is 2.10. The van der Waals surface area contributed by atoms with Crippen LogP contribution in [0.3, 0.4) is 0 Å². The predicted molar refractivity (Wildman–Crippen MR) is 91.9 cm³/mol. The fraction of sp³-hybridized carbons (Fsp3) is 0.588. The van der Waals surface area contributed by atoms with Crippen LogP contribution in [-0.2, 0) is 4.74 Å². The molecule has 4 heteroatoms. The maximum absolute atomic E-state index is 11.7. The Morgan fingerprint density at radius 1 is 1.29 bits per heavy atom. The lowest BCUT2D eigenvalue weighted by Gasteiger charge is -2.17. The van der Waals surface area contributed by atoms with E-state index in [0.29, 0.717) is 18.2 Å². The van der Waals surface area contributed by atoms with E-state index in [0.717, 1.165) is 16.6 Å². The van der Waals surface area contributed by atoms with E-state index in [1.165, 1.54) is 25.7 Å². The molecule has 0 fully saturated rings. The SMILES string of the molecule is CCCCCCC(C)Nc1ccc(C(=O)OCC)cc1Br. The number of esters is 1. The molecule has 1 N–H and O–H groups in total. The van der Waals surface area contributed by atoms with E-state index in [1.807, 2.05) is 19.1 Å². The van der Waals surface area contributed by atoms with Crippen molar-refractivity contribution in [2.75, 3.05) is 11.9 Å². The minimum Gasteiger partial charge on any atom is -0.462 e. The summed E-state index contributed by atoms with van der Waals surface area (Å²) in [6.45, 7) is 6.62. The predicted octanol–water partition coefficient (Wildman–Crippen LogP) is 5.40. The first-order chi connectivity index (χ1) is 10.1. The Morgan fingerprint density at radius 3 is 2.67 bits per heavy atom. The molecular formula is C17H26BrNO2. The van der Waals surface area contributed by atoms with Crippen LogP contribution in [0.15, 0.2) is 22.7 Å². The smallest absolute Gasteiger partial charge is 0.338 e. The summed E-state index contributed by atoms with van der Waals surface area (Å²) in [7, 11) is 0. The van der Waals surface area contributed by atoms with Crippen molar-refractivity contribution >= 4 is 27.6 Å². The molecule has 0 aliphatic heterocycles. The van der Waals surface area contributed by atoms with Gasteiger partial charge >= 0.3 is 5.97 Å². The fourth-order valence-corrected chi connectivity index (χ4v) is 2.68. The molecule has 3 nitrogen and oxygen atoms in total. The van der Waals surface area contributed by atoms with Crippen LogP contribution < -0.4 is 5.32 Å². The van der Waals surface area contributed by atoms with E-state index in [-0.39, 0.29) is 5.97 Å². The molecule has 0 saturated carbocycles. The number of ether oxygens (including phenoxy) is 1. The summed E-state index contributed by atoms with van der Waals surface area (Å²) in [5.74, 6) is -0.280. The van der Waals surface area contributed by atoms with Gasteiger partial charge in [-0.2, -0.15) is 0 Å². The monoisotopic (exact) mass is 355 g/mol. The van der Waals surface area contributed by atoms with E-state index in [1.54, 1.807) is 6.07 Å². The zero-order valence-corrected chi connectivity index (χ0v) is 14.8. The second kappa shape index (κ2) is 9.82. The molecule has 1 aromatic rings. The third-order valence-electron chi connectivity index (χ3n) is 3.37. The lowest BCUT2D eigenvalue weighted by molar-refractivity contribution is 0.0526. The van der Waals surface area contributed by atoms with Crippen LogP contribution in [0.4, 0.5) is 5.69 Å². The largest absolute Gasteiger partial charge is 0.462 e. The first-order valence-corrected chi connectivity index (χ1v) is 8.61. The number of nitrogens with one attached hydrogen (secondary N) is 1. The van der Waals surface area contributed by atoms with Crippen LogP contribution >= 0.6 is 15.9 Å². The molecule has 21 heavy (non-hydrogen) atoms. The summed E-state index contributed by atoms with van der Waals surface area (Å²) in [6.07, 6.45) is 6.28. The number of anilines is 1. The zero-order chi connectivity index (χ0) is 15.7. The summed E-state index contributed by atoms with van der Waals surface area (Å²) in [4.78, 5) is 11.7. The Hall–Kier alpha value is -1.03. The van der Waals surface area contributed by atoms with Gasteiger partial charge in [0.2, 0.25) is 0 Å². The highest BCUT2D eigenvalue weighted by Crippen LogP contribution is 2.25. The van der Waals surface area contributed by atoms with Gasteiger partial charge < -0.3 is 10.1 Å². The zero-order valence-electron chi connectivity index (χ0n) is 13.2. The van der Waals surface area contributed by atoms with Crippen LogP contribution in [0.25, 0.3) is 0 Å². The van der Waals surface area contributed by atoms with Gasteiger partial charge in [0.15, 0.2) is 0 Å². The van der Waals surface area contributed by atoms with Crippen molar-refractivity contribution in [1.29, 1.82) is 0 Å². The van der Waals surface area contributed by atoms with Gasteiger partial charge in [0.05, 0.1) is 12.2 Å². The summed E-state index contributed by atoms with van der Waals surface area (Å²) in [5.41, 5.74) is 1.59. The van der Waals surface area contributed by atoms with Crippen LogP contribution in [0, 0.1) is 0 Å². The number of hydrogen-bond acceptors (Lipinski definition) is 3. The molecule has 0 aliphatic carbocycles. The second-order valence-corrected chi connectivity index (χ2v) is 6.16. The van der Waals surface area contributed by atoms with Crippen LogP contribution in [-0.4, -0.2) is 18.6 Å². The van der Waals surface area contributed by atoms with Gasteiger partial charge in [-0.3, -0.25) is 0 Å². The molecule has 1 rings (SSSR count). The normalized spacial score (nSPS) is 12.0. The number of benzene rings is 1. The van der Waals surface area contributed by atoms with Crippen molar-refractivity contribution in [3.05, 3.63) is 28.2 Å². The Balaban J connectivity index is 2.54. The highest BCUT2D eigenvalue weighted by molar-refractivity contribution is 9.10. The summed E-state index contributed by atoms with van der Waals surface area (Å²) < 4.78 is 5.90. The molecule has 0 aromatic heterocycles. The number of rotatable bonds is 9. The van der Waals surface area contributed by atoms with Crippen LogP contribution in [0.1, 0.15) is 63.2 Å². The lowest BCUT2D eigenvalue weighted by Crippen LogP contribution is -2.15. The summed E-state index contributed by atoms with van der Waals surface area (Å²) >= 11 is 3.52. The molecule has 0 spiro atoms. The third kappa shape index (κ3) is 6.51. The maximum Gasteiger partial charge on any atom is 0.338 e. The van der Waals surface area contributed by atoms with E-state index in [9.17, 15) is 4.79 Å². The molecule has 0 saturated heterocycles.